The van der Waals surface area contributed by atoms with Crippen molar-refractivity contribution < 1.29 is 18.3 Å². The zero-order valence-electron chi connectivity index (χ0n) is 13.2. The van der Waals surface area contributed by atoms with Crippen molar-refractivity contribution in [3.05, 3.63) is 17.2 Å². The van der Waals surface area contributed by atoms with E-state index in [1.165, 1.54) is 4.31 Å². The first kappa shape index (κ1) is 17.0. The number of carboxylic acids is 1. The lowest BCUT2D eigenvalue weighted by Crippen LogP contribution is -2.40. The molecule has 1 aliphatic rings. The van der Waals surface area contributed by atoms with Crippen molar-refractivity contribution in [3.8, 4) is 0 Å². The van der Waals surface area contributed by atoms with Gasteiger partial charge in [0.2, 0.25) is 10.0 Å². The van der Waals surface area contributed by atoms with Crippen LogP contribution in [0.4, 0.5) is 0 Å². The highest BCUT2D eigenvalue weighted by atomic mass is 32.2. The van der Waals surface area contributed by atoms with Crippen molar-refractivity contribution in [3.63, 3.8) is 0 Å². The fourth-order valence-electron chi connectivity index (χ4n) is 2.82. The third-order valence-electron chi connectivity index (χ3n) is 3.88. The molecule has 1 saturated heterocycles. The number of aromatic amines is 1. The Labute approximate surface area is 130 Å². The lowest BCUT2D eigenvalue weighted by molar-refractivity contribution is 0.0690. The highest BCUT2D eigenvalue weighted by molar-refractivity contribution is 7.89. The third-order valence-corrected chi connectivity index (χ3v) is 6.12. The van der Waals surface area contributed by atoms with Crippen molar-refractivity contribution in [2.24, 2.45) is 5.92 Å². The van der Waals surface area contributed by atoms with E-state index < -0.39 is 16.0 Å². The first-order valence-corrected chi connectivity index (χ1v) is 9.09. The van der Waals surface area contributed by atoms with Crippen LogP contribution < -0.4 is 0 Å². The second kappa shape index (κ2) is 6.37. The number of hydrogen-bond acceptors (Lipinski definition) is 4. The van der Waals surface area contributed by atoms with E-state index in [1.54, 1.807) is 6.92 Å². The minimum absolute atomic E-state index is 0.0462. The van der Waals surface area contributed by atoms with Crippen LogP contribution in [0.2, 0.25) is 0 Å². The largest absolute Gasteiger partial charge is 0.476 e. The molecule has 2 rings (SSSR count). The maximum Gasteiger partial charge on any atom is 0.356 e. The summed E-state index contributed by atoms with van der Waals surface area (Å²) in [5.41, 5.74) is 0.585. The molecular formula is C14H23N3O4S. The number of imidazole rings is 1. The van der Waals surface area contributed by atoms with E-state index in [0.717, 1.165) is 0 Å². The van der Waals surface area contributed by atoms with Crippen molar-refractivity contribution >= 4 is 16.0 Å². The first-order chi connectivity index (χ1) is 10.2. The van der Waals surface area contributed by atoms with Crippen LogP contribution in [0.3, 0.4) is 0 Å². The van der Waals surface area contributed by atoms with Crippen LogP contribution in [0.25, 0.3) is 0 Å². The van der Waals surface area contributed by atoms with Gasteiger partial charge in [0.05, 0.1) is 5.75 Å². The number of H-pyrrole nitrogens is 1. The summed E-state index contributed by atoms with van der Waals surface area (Å²) < 4.78 is 26.0. The Morgan fingerprint density at radius 3 is 2.45 bits per heavy atom. The number of carboxylic acid groups (broad SMARTS) is 1. The van der Waals surface area contributed by atoms with Gasteiger partial charge >= 0.3 is 5.97 Å². The first-order valence-electron chi connectivity index (χ1n) is 7.48. The standard InChI is InChI=1S/C14H23N3O4S/c1-9(2)8-22(20,21)17-6-4-11(5-7-17)13-15-10(3)12(16-13)14(18)19/h9,11H,4-8H2,1-3H3,(H,15,16)(H,18,19). The quantitative estimate of drug-likeness (QED) is 0.853. The van der Waals surface area contributed by atoms with Gasteiger partial charge in [0.15, 0.2) is 5.69 Å². The molecular weight excluding hydrogens is 306 g/mol. The van der Waals surface area contributed by atoms with Gasteiger partial charge in [0, 0.05) is 24.7 Å². The van der Waals surface area contributed by atoms with Gasteiger partial charge in [-0.05, 0) is 25.7 Å². The number of aromatic nitrogens is 2. The number of nitrogens with one attached hydrogen (secondary N) is 1. The third kappa shape index (κ3) is 3.67. The Hall–Kier alpha value is -1.41. The second-order valence-electron chi connectivity index (χ2n) is 6.25. The summed E-state index contributed by atoms with van der Waals surface area (Å²) >= 11 is 0. The molecule has 0 bridgehead atoms. The van der Waals surface area contributed by atoms with Crippen LogP contribution in [-0.4, -0.2) is 52.6 Å². The van der Waals surface area contributed by atoms with Gasteiger partial charge in [0.1, 0.15) is 5.82 Å². The molecule has 8 heteroatoms. The maximum absolute atomic E-state index is 12.2. The Balaban J connectivity index is 2.03. The smallest absolute Gasteiger partial charge is 0.356 e. The molecule has 2 heterocycles. The number of sulfonamides is 1. The molecule has 124 valence electrons. The highest BCUT2D eigenvalue weighted by Crippen LogP contribution is 2.28. The van der Waals surface area contributed by atoms with Crippen LogP contribution in [0, 0.1) is 12.8 Å². The predicted octanol–water partition coefficient (Wildman–Crippen LogP) is 1.58. The molecule has 1 aliphatic heterocycles. The number of piperidine rings is 1. The molecule has 0 radical (unpaired) electrons. The van der Waals surface area contributed by atoms with Gasteiger partial charge in [-0.2, -0.15) is 0 Å². The number of hydrogen-bond donors (Lipinski definition) is 2. The summed E-state index contributed by atoms with van der Waals surface area (Å²) in [6, 6.07) is 0. The molecule has 0 aliphatic carbocycles. The van der Waals surface area contributed by atoms with Gasteiger partial charge in [-0.3, -0.25) is 0 Å². The molecule has 0 spiro atoms. The monoisotopic (exact) mass is 329 g/mol. The summed E-state index contributed by atoms with van der Waals surface area (Å²) in [6.45, 7) is 6.39. The average Bonchev–Trinajstić information content (AvgIpc) is 2.80. The molecule has 7 nitrogen and oxygen atoms in total. The Morgan fingerprint density at radius 2 is 2.00 bits per heavy atom. The number of aromatic carboxylic acids is 1. The van der Waals surface area contributed by atoms with Crippen LogP contribution in [0.1, 0.15) is 54.6 Å². The van der Waals surface area contributed by atoms with Crippen molar-refractivity contribution in [1.29, 1.82) is 0 Å². The van der Waals surface area contributed by atoms with Crippen molar-refractivity contribution in [2.75, 3.05) is 18.8 Å². The summed E-state index contributed by atoms with van der Waals surface area (Å²) in [5, 5.41) is 9.04. The maximum atomic E-state index is 12.2. The van der Waals surface area contributed by atoms with Gasteiger partial charge in [-0.25, -0.2) is 22.5 Å². The molecule has 0 amide bonds. The molecule has 1 aromatic rings. The van der Waals surface area contributed by atoms with Crippen LogP contribution in [0.5, 0.6) is 0 Å². The molecule has 0 unspecified atom stereocenters. The van der Waals surface area contributed by atoms with Crippen molar-refractivity contribution in [2.45, 2.75) is 39.5 Å². The highest BCUT2D eigenvalue weighted by Gasteiger charge is 2.30. The predicted molar refractivity (Wildman–Crippen MR) is 82.5 cm³/mol. The SMILES string of the molecule is Cc1[nH]c(C2CCN(S(=O)(=O)CC(C)C)CC2)nc1C(=O)O. The average molecular weight is 329 g/mol. The topological polar surface area (TPSA) is 103 Å². The number of carbonyl (C=O) groups is 1. The minimum Gasteiger partial charge on any atom is -0.476 e. The van der Waals surface area contributed by atoms with Gasteiger partial charge in [-0.15, -0.1) is 0 Å². The minimum atomic E-state index is -3.20. The van der Waals surface area contributed by atoms with Gasteiger partial charge < -0.3 is 10.1 Å². The van der Waals surface area contributed by atoms with E-state index in [4.69, 9.17) is 5.11 Å². The molecule has 22 heavy (non-hydrogen) atoms. The molecule has 1 aromatic heterocycles. The van der Waals surface area contributed by atoms with E-state index in [-0.39, 0.29) is 23.3 Å². The van der Waals surface area contributed by atoms with E-state index in [1.807, 2.05) is 13.8 Å². The molecule has 2 N–H and O–H groups in total. The van der Waals surface area contributed by atoms with E-state index in [2.05, 4.69) is 9.97 Å². The summed E-state index contributed by atoms with van der Waals surface area (Å²) in [6.07, 6.45) is 1.31. The Kier molecular flexibility index (Phi) is 4.91. The fourth-order valence-corrected chi connectivity index (χ4v) is 4.64. The molecule has 1 fully saturated rings. The molecule has 0 atom stereocenters. The van der Waals surface area contributed by atoms with Crippen LogP contribution in [0.15, 0.2) is 0 Å². The number of nitrogens with zero attached hydrogens (tertiary/aromatic N) is 2. The Morgan fingerprint density at radius 1 is 1.41 bits per heavy atom. The zero-order valence-corrected chi connectivity index (χ0v) is 14.0. The zero-order chi connectivity index (χ0) is 16.5. The van der Waals surface area contributed by atoms with Crippen molar-refractivity contribution in [1.82, 2.24) is 14.3 Å². The summed E-state index contributed by atoms with van der Waals surface area (Å²) in [4.78, 5) is 18.2. The number of rotatable bonds is 5. The normalized spacial score (nSPS) is 18.0. The van der Waals surface area contributed by atoms with Gasteiger partial charge in [0.25, 0.3) is 0 Å². The Bertz CT molecular complexity index is 643. The van der Waals surface area contributed by atoms with Crippen LogP contribution >= 0.6 is 0 Å². The van der Waals surface area contributed by atoms with Crippen LogP contribution in [-0.2, 0) is 10.0 Å². The molecule has 0 saturated carbocycles. The summed E-state index contributed by atoms with van der Waals surface area (Å²) in [5.74, 6) is -0.0423. The number of aryl methyl sites for hydroxylation is 1. The lowest BCUT2D eigenvalue weighted by atomic mass is 9.97. The van der Waals surface area contributed by atoms with E-state index in [9.17, 15) is 13.2 Å². The fraction of sp³-hybridized carbons (Fsp3) is 0.714. The lowest BCUT2D eigenvalue weighted by Gasteiger charge is -2.30. The van der Waals surface area contributed by atoms with E-state index in [0.29, 0.717) is 37.4 Å². The van der Waals surface area contributed by atoms with Gasteiger partial charge in [-0.1, -0.05) is 13.8 Å². The summed E-state index contributed by atoms with van der Waals surface area (Å²) in [7, 11) is -3.20. The second-order valence-corrected chi connectivity index (χ2v) is 8.26. The molecule has 0 aromatic carbocycles. The van der Waals surface area contributed by atoms with E-state index >= 15 is 0 Å².